The summed E-state index contributed by atoms with van der Waals surface area (Å²) in [6.45, 7) is 0.834. The van der Waals surface area contributed by atoms with Crippen LogP contribution >= 0.6 is 0 Å². The molecule has 8 heteroatoms. The quantitative estimate of drug-likeness (QED) is 0.634. The minimum absolute atomic E-state index is 0.176. The molecule has 0 aliphatic rings. The van der Waals surface area contributed by atoms with Gasteiger partial charge in [0.25, 0.3) is 11.2 Å². The number of pyridine rings is 1. The van der Waals surface area contributed by atoms with E-state index in [1.54, 1.807) is 49.7 Å². The summed E-state index contributed by atoms with van der Waals surface area (Å²) in [5.74, 6) is -3.16. The smallest absolute Gasteiger partial charge is 0.348 e. The monoisotopic (exact) mass is 375 g/mol. The number of hydrogen-bond donors (Lipinski definition) is 2. The number of aromatic nitrogens is 1. The van der Waals surface area contributed by atoms with Gasteiger partial charge in [0, 0.05) is 38.9 Å². The van der Waals surface area contributed by atoms with E-state index < -0.39 is 17.5 Å². The highest BCUT2D eigenvalue weighted by atomic mass is 16.5. The summed E-state index contributed by atoms with van der Waals surface area (Å²) in [6.07, 6.45) is 1.33. The molecule has 0 saturated carbocycles. The molecular weight excluding hydrogens is 354 g/mol. The summed E-state index contributed by atoms with van der Waals surface area (Å²) in [4.78, 5) is 35.3. The van der Waals surface area contributed by atoms with Gasteiger partial charge in [-0.05, 0) is 23.3 Å². The van der Waals surface area contributed by atoms with Crippen molar-refractivity contribution in [3.8, 4) is 11.1 Å². The first-order chi connectivity index (χ1) is 12.9. The summed E-state index contributed by atoms with van der Waals surface area (Å²) in [7, 11) is 2.60. The fourth-order valence-corrected chi connectivity index (χ4v) is 2.70. The second-order valence-corrected chi connectivity index (χ2v) is 5.93. The minimum Gasteiger partial charge on any atom is -0.479 e. The van der Waals surface area contributed by atoms with Crippen LogP contribution in [0.5, 0.6) is 0 Å². The van der Waals surface area contributed by atoms with Gasteiger partial charge in [-0.3, -0.25) is 4.79 Å². The van der Waals surface area contributed by atoms with Crippen LogP contribution in [0.15, 0.2) is 47.4 Å². The summed E-state index contributed by atoms with van der Waals surface area (Å²) < 4.78 is 11.3. The Morgan fingerprint density at radius 1 is 1.07 bits per heavy atom. The highest BCUT2D eigenvalue weighted by molar-refractivity contribution is 6.02. The topological polar surface area (TPSA) is 115 Å². The molecule has 0 spiro atoms. The normalized spacial score (nSPS) is 11.3. The Hall–Kier alpha value is -2.97. The number of hydrogen-bond acceptors (Lipinski definition) is 5. The van der Waals surface area contributed by atoms with Crippen molar-refractivity contribution < 1.29 is 29.3 Å². The lowest BCUT2D eigenvalue weighted by Crippen LogP contribution is -2.50. The largest absolute Gasteiger partial charge is 0.479 e. The van der Waals surface area contributed by atoms with Crippen LogP contribution in [-0.4, -0.2) is 53.1 Å². The Morgan fingerprint density at radius 2 is 1.70 bits per heavy atom. The SMILES string of the molecule is COCCn1cccc(-c2ccc(CC(OC)(C(=O)O)C(=O)O)cc2)c1=O. The average molecular weight is 375 g/mol. The highest BCUT2D eigenvalue weighted by Gasteiger charge is 2.47. The minimum atomic E-state index is -2.36. The molecular formula is C19H21NO7. The fourth-order valence-electron chi connectivity index (χ4n) is 2.70. The highest BCUT2D eigenvalue weighted by Crippen LogP contribution is 2.22. The van der Waals surface area contributed by atoms with Gasteiger partial charge in [0.05, 0.1) is 6.61 Å². The Balaban J connectivity index is 2.32. The lowest BCUT2D eigenvalue weighted by atomic mass is 9.93. The maximum Gasteiger partial charge on any atom is 0.348 e. The third kappa shape index (κ3) is 4.24. The van der Waals surface area contributed by atoms with Gasteiger partial charge in [-0.25, -0.2) is 9.59 Å². The van der Waals surface area contributed by atoms with Crippen molar-refractivity contribution in [3.05, 3.63) is 58.5 Å². The molecule has 1 aromatic carbocycles. The van der Waals surface area contributed by atoms with Gasteiger partial charge < -0.3 is 24.3 Å². The van der Waals surface area contributed by atoms with E-state index in [1.807, 2.05) is 0 Å². The second-order valence-electron chi connectivity index (χ2n) is 5.93. The first-order valence-electron chi connectivity index (χ1n) is 8.15. The van der Waals surface area contributed by atoms with Crippen LogP contribution in [-0.2, 0) is 32.0 Å². The van der Waals surface area contributed by atoms with Crippen LogP contribution < -0.4 is 5.56 Å². The van der Waals surface area contributed by atoms with E-state index in [0.29, 0.717) is 29.8 Å². The standard InChI is InChI=1S/C19H21NO7/c1-26-11-10-20-9-3-4-15(16(20)21)14-7-5-13(6-8-14)12-19(27-2,17(22)23)18(24)25/h3-9H,10-12H2,1-2H3,(H,22,23)(H,24,25). The van der Waals surface area contributed by atoms with Gasteiger partial charge in [-0.2, -0.15) is 0 Å². The van der Waals surface area contributed by atoms with Crippen molar-refractivity contribution in [1.29, 1.82) is 0 Å². The molecule has 1 heterocycles. The average Bonchev–Trinajstić information content (AvgIpc) is 2.65. The van der Waals surface area contributed by atoms with Crippen LogP contribution in [0, 0.1) is 0 Å². The van der Waals surface area contributed by atoms with Gasteiger partial charge in [-0.1, -0.05) is 24.3 Å². The molecule has 2 aromatic rings. The lowest BCUT2D eigenvalue weighted by molar-refractivity contribution is -0.179. The third-order valence-electron chi connectivity index (χ3n) is 4.31. The predicted molar refractivity (Wildman–Crippen MR) is 96.7 cm³/mol. The van der Waals surface area contributed by atoms with E-state index in [0.717, 1.165) is 7.11 Å². The van der Waals surface area contributed by atoms with Crippen molar-refractivity contribution >= 4 is 11.9 Å². The number of methoxy groups -OCH3 is 2. The van der Waals surface area contributed by atoms with Crippen LogP contribution in [0.1, 0.15) is 5.56 Å². The maximum absolute atomic E-state index is 12.5. The number of aliphatic carboxylic acids is 2. The van der Waals surface area contributed by atoms with E-state index >= 15 is 0 Å². The Labute approximate surface area is 155 Å². The van der Waals surface area contributed by atoms with Crippen molar-refractivity contribution in [2.75, 3.05) is 20.8 Å². The Morgan fingerprint density at radius 3 is 2.22 bits per heavy atom. The molecule has 0 fully saturated rings. The van der Waals surface area contributed by atoms with Crippen LogP contribution in [0.2, 0.25) is 0 Å². The Kier molecular flexibility index (Phi) is 6.49. The first kappa shape index (κ1) is 20.3. The zero-order valence-electron chi connectivity index (χ0n) is 15.0. The summed E-state index contributed by atoms with van der Waals surface area (Å²) in [6, 6.07) is 9.91. The molecule has 0 aliphatic carbocycles. The number of carboxylic acids is 2. The molecule has 0 radical (unpaired) electrons. The molecule has 144 valence electrons. The Bertz CT molecular complexity index is 856. The molecule has 0 atom stereocenters. The van der Waals surface area contributed by atoms with E-state index in [2.05, 4.69) is 0 Å². The molecule has 2 rings (SSSR count). The predicted octanol–water partition coefficient (Wildman–Crippen LogP) is 1.26. The van der Waals surface area contributed by atoms with Crippen molar-refractivity contribution in [2.24, 2.45) is 0 Å². The summed E-state index contributed by atoms with van der Waals surface area (Å²) in [5.41, 5.74) is -0.953. The van der Waals surface area contributed by atoms with Gasteiger partial charge in [-0.15, -0.1) is 0 Å². The number of nitrogens with zero attached hydrogens (tertiary/aromatic N) is 1. The third-order valence-corrected chi connectivity index (χ3v) is 4.31. The number of benzene rings is 1. The zero-order chi connectivity index (χ0) is 20.0. The first-order valence-corrected chi connectivity index (χ1v) is 8.15. The van der Waals surface area contributed by atoms with Crippen molar-refractivity contribution in [3.63, 3.8) is 0 Å². The molecule has 27 heavy (non-hydrogen) atoms. The molecule has 1 aromatic heterocycles. The van der Waals surface area contributed by atoms with Crippen LogP contribution in [0.25, 0.3) is 11.1 Å². The second kappa shape index (κ2) is 8.61. The molecule has 0 unspecified atom stereocenters. The van der Waals surface area contributed by atoms with Gasteiger partial charge in [0.2, 0.25) is 0 Å². The zero-order valence-corrected chi connectivity index (χ0v) is 15.0. The maximum atomic E-state index is 12.5. The molecule has 2 N–H and O–H groups in total. The molecule has 8 nitrogen and oxygen atoms in total. The van der Waals surface area contributed by atoms with Gasteiger partial charge in [0.1, 0.15) is 0 Å². The van der Waals surface area contributed by atoms with E-state index in [4.69, 9.17) is 9.47 Å². The molecule has 0 saturated heterocycles. The number of rotatable bonds is 9. The summed E-state index contributed by atoms with van der Waals surface area (Å²) in [5, 5.41) is 18.5. The number of ether oxygens (including phenoxy) is 2. The van der Waals surface area contributed by atoms with Crippen LogP contribution in [0.4, 0.5) is 0 Å². The lowest BCUT2D eigenvalue weighted by Gasteiger charge is -2.23. The van der Waals surface area contributed by atoms with E-state index in [9.17, 15) is 24.6 Å². The fraction of sp³-hybridized carbons (Fsp3) is 0.316. The van der Waals surface area contributed by atoms with Crippen LogP contribution in [0.3, 0.4) is 0 Å². The number of carboxylic acid groups (broad SMARTS) is 2. The molecule has 0 amide bonds. The molecule has 0 aliphatic heterocycles. The van der Waals surface area contributed by atoms with Gasteiger partial charge in [0.15, 0.2) is 0 Å². The van der Waals surface area contributed by atoms with E-state index in [1.165, 1.54) is 4.57 Å². The van der Waals surface area contributed by atoms with Gasteiger partial charge >= 0.3 is 11.9 Å². The van der Waals surface area contributed by atoms with Crippen molar-refractivity contribution in [2.45, 2.75) is 18.6 Å². The summed E-state index contributed by atoms with van der Waals surface area (Å²) >= 11 is 0. The van der Waals surface area contributed by atoms with Crippen molar-refractivity contribution in [1.82, 2.24) is 4.57 Å². The number of carbonyl (C=O) groups is 2. The molecule has 0 bridgehead atoms. The van der Waals surface area contributed by atoms with E-state index in [-0.39, 0.29) is 12.0 Å².